The number of carbonyl (C=O) groups excluding carboxylic acids is 2. The number of ether oxygens (including phenoxy) is 2. The van der Waals surface area contributed by atoms with E-state index in [1.807, 2.05) is 25.1 Å². The summed E-state index contributed by atoms with van der Waals surface area (Å²) in [4.78, 5) is 24.7. The van der Waals surface area contributed by atoms with Gasteiger partial charge in [-0.05, 0) is 104 Å². The van der Waals surface area contributed by atoms with E-state index in [0.717, 1.165) is 32.1 Å². The Kier molecular flexibility index (Phi) is 7.79. The lowest BCUT2D eigenvalue weighted by molar-refractivity contribution is -0.143. The minimum absolute atomic E-state index is 0.0640. The van der Waals surface area contributed by atoms with Crippen LogP contribution in [-0.2, 0) is 14.3 Å². The molecule has 1 N–H and O–H groups in total. The Bertz CT molecular complexity index is 1050. The van der Waals surface area contributed by atoms with Crippen molar-refractivity contribution in [2.75, 3.05) is 6.61 Å². The third-order valence-electron chi connectivity index (χ3n) is 11.2. The van der Waals surface area contributed by atoms with E-state index in [2.05, 4.69) is 26.8 Å². The fraction of sp³-hybridized carbons (Fsp3) is 0.697. The lowest BCUT2D eigenvalue weighted by Gasteiger charge is -2.59. The van der Waals surface area contributed by atoms with Crippen LogP contribution in [0.5, 0.6) is 0 Å². The molecule has 0 aromatic heterocycles. The van der Waals surface area contributed by atoms with Crippen LogP contribution in [0.3, 0.4) is 0 Å². The van der Waals surface area contributed by atoms with Crippen LogP contribution in [-0.4, -0.2) is 35.9 Å². The van der Waals surface area contributed by atoms with Crippen LogP contribution in [0, 0.1) is 40.4 Å². The zero-order chi connectivity index (χ0) is 27.1. The topological polar surface area (TPSA) is 72.8 Å². The number of benzene rings is 1. The molecule has 5 rings (SSSR count). The van der Waals surface area contributed by atoms with E-state index in [1.54, 1.807) is 12.1 Å². The molecule has 4 aliphatic carbocycles. The molecule has 0 bridgehead atoms. The number of aliphatic hydroxyl groups is 1. The standard InChI is InChI=1S/C33H46O5/c1-5-37-29(35)14-11-21(2)25-12-13-26-30-27(16-18-33(25,26)4)32(3)17-15-24(19-23(32)20-28(30)34)38-31(36)22-9-7-6-8-10-22/h6-10,20-21,24-28,30,34H,5,11-19H2,1-4H3/t21?,24-,25-,26+,27+,28-,30+,32+,33-/m1/s1. The van der Waals surface area contributed by atoms with Crippen molar-refractivity contribution in [3.63, 3.8) is 0 Å². The summed E-state index contributed by atoms with van der Waals surface area (Å²) in [5, 5.41) is 11.6. The number of hydrogen-bond acceptors (Lipinski definition) is 5. The average Bonchev–Trinajstić information content (AvgIpc) is 3.26. The van der Waals surface area contributed by atoms with Gasteiger partial charge in [-0.15, -0.1) is 0 Å². The molecule has 208 valence electrons. The van der Waals surface area contributed by atoms with Gasteiger partial charge in [0, 0.05) is 12.8 Å². The highest BCUT2D eigenvalue weighted by Crippen LogP contribution is 2.67. The summed E-state index contributed by atoms with van der Waals surface area (Å²) in [7, 11) is 0. The third kappa shape index (κ3) is 4.85. The van der Waals surface area contributed by atoms with Crippen LogP contribution in [0.2, 0.25) is 0 Å². The molecule has 0 aliphatic heterocycles. The Morgan fingerprint density at radius 2 is 1.82 bits per heavy atom. The summed E-state index contributed by atoms with van der Waals surface area (Å²) in [6, 6.07) is 9.23. The lowest BCUT2D eigenvalue weighted by Crippen LogP contribution is -2.55. The summed E-state index contributed by atoms with van der Waals surface area (Å²) in [5.41, 5.74) is 2.16. The number of carbonyl (C=O) groups is 2. The molecule has 3 fully saturated rings. The van der Waals surface area contributed by atoms with Crippen LogP contribution in [0.1, 0.15) is 95.8 Å². The van der Waals surface area contributed by atoms with Gasteiger partial charge in [-0.25, -0.2) is 4.79 Å². The first-order valence-corrected chi connectivity index (χ1v) is 15.0. The van der Waals surface area contributed by atoms with Gasteiger partial charge in [-0.1, -0.05) is 50.6 Å². The number of fused-ring (bicyclic) bond motifs is 5. The fourth-order valence-electron chi connectivity index (χ4n) is 9.26. The van der Waals surface area contributed by atoms with Crippen molar-refractivity contribution in [3.05, 3.63) is 47.5 Å². The van der Waals surface area contributed by atoms with Gasteiger partial charge in [-0.3, -0.25) is 4.79 Å². The van der Waals surface area contributed by atoms with E-state index in [4.69, 9.17) is 9.47 Å². The molecule has 4 aliphatic rings. The molecule has 38 heavy (non-hydrogen) atoms. The van der Waals surface area contributed by atoms with Crippen molar-refractivity contribution in [2.45, 2.75) is 97.7 Å². The third-order valence-corrected chi connectivity index (χ3v) is 11.2. The largest absolute Gasteiger partial charge is 0.466 e. The van der Waals surface area contributed by atoms with Crippen LogP contribution in [0.25, 0.3) is 0 Å². The van der Waals surface area contributed by atoms with Gasteiger partial charge in [0.2, 0.25) is 0 Å². The summed E-state index contributed by atoms with van der Waals surface area (Å²) in [6.07, 6.45) is 10.2. The van der Waals surface area contributed by atoms with Gasteiger partial charge in [-0.2, -0.15) is 0 Å². The molecule has 0 spiro atoms. The minimum Gasteiger partial charge on any atom is -0.466 e. The van der Waals surface area contributed by atoms with E-state index in [-0.39, 0.29) is 34.8 Å². The Hall–Kier alpha value is -2.14. The Balaban J connectivity index is 1.29. The second-order valence-corrected chi connectivity index (χ2v) is 13.1. The number of hydrogen-bond donors (Lipinski definition) is 1. The first kappa shape index (κ1) is 27.4. The Morgan fingerprint density at radius 3 is 2.55 bits per heavy atom. The zero-order valence-electron chi connectivity index (χ0n) is 23.7. The van der Waals surface area contributed by atoms with Gasteiger partial charge in [0.15, 0.2) is 0 Å². The number of rotatable bonds is 7. The van der Waals surface area contributed by atoms with E-state index in [0.29, 0.717) is 42.3 Å². The first-order valence-electron chi connectivity index (χ1n) is 15.0. The van der Waals surface area contributed by atoms with Crippen molar-refractivity contribution in [1.29, 1.82) is 0 Å². The van der Waals surface area contributed by atoms with Gasteiger partial charge >= 0.3 is 11.9 Å². The Morgan fingerprint density at radius 1 is 1.05 bits per heavy atom. The smallest absolute Gasteiger partial charge is 0.338 e. The maximum absolute atomic E-state index is 12.7. The lowest BCUT2D eigenvalue weighted by atomic mass is 9.46. The zero-order valence-corrected chi connectivity index (χ0v) is 23.7. The molecule has 0 saturated heterocycles. The summed E-state index contributed by atoms with van der Waals surface area (Å²) in [6.45, 7) is 9.51. The minimum atomic E-state index is -0.440. The normalized spacial score (nSPS) is 38.7. The summed E-state index contributed by atoms with van der Waals surface area (Å²) >= 11 is 0. The van der Waals surface area contributed by atoms with E-state index in [1.165, 1.54) is 24.8 Å². The highest BCUT2D eigenvalue weighted by Gasteiger charge is 2.61. The SMILES string of the molecule is CCOC(=O)CCC(C)[C@H]1CC[C@H]2[C@@H]3[C@H](O)C=C4C[C@H](OC(=O)c5ccccc5)CC[C@]4(C)[C@H]3CC[C@]12C. The van der Waals surface area contributed by atoms with Crippen LogP contribution < -0.4 is 0 Å². The van der Waals surface area contributed by atoms with Crippen molar-refractivity contribution in [3.8, 4) is 0 Å². The fourth-order valence-corrected chi connectivity index (χ4v) is 9.26. The van der Waals surface area contributed by atoms with Crippen molar-refractivity contribution >= 4 is 11.9 Å². The second kappa shape index (κ2) is 10.8. The highest BCUT2D eigenvalue weighted by molar-refractivity contribution is 5.89. The van der Waals surface area contributed by atoms with Gasteiger partial charge < -0.3 is 14.6 Å². The van der Waals surface area contributed by atoms with E-state index >= 15 is 0 Å². The maximum Gasteiger partial charge on any atom is 0.338 e. The molecule has 1 aromatic carbocycles. The van der Waals surface area contributed by atoms with Crippen LogP contribution in [0.4, 0.5) is 0 Å². The van der Waals surface area contributed by atoms with E-state index in [9.17, 15) is 14.7 Å². The molecule has 0 radical (unpaired) electrons. The predicted octanol–water partition coefficient (Wildman–Crippen LogP) is 6.74. The molecule has 5 nitrogen and oxygen atoms in total. The van der Waals surface area contributed by atoms with Gasteiger partial charge in [0.05, 0.1) is 18.3 Å². The molecule has 5 heteroatoms. The molecule has 1 unspecified atom stereocenters. The molecule has 1 aromatic rings. The molecule has 0 amide bonds. The second-order valence-electron chi connectivity index (χ2n) is 13.1. The number of esters is 2. The van der Waals surface area contributed by atoms with Crippen molar-refractivity contribution in [2.24, 2.45) is 40.4 Å². The van der Waals surface area contributed by atoms with Crippen LogP contribution in [0.15, 0.2) is 42.0 Å². The van der Waals surface area contributed by atoms with Crippen LogP contribution >= 0.6 is 0 Å². The average molecular weight is 523 g/mol. The first-order chi connectivity index (χ1) is 18.2. The molecular weight excluding hydrogens is 476 g/mol. The maximum atomic E-state index is 12.7. The van der Waals surface area contributed by atoms with E-state index < -0.39 is 6.10 Å². The number of aliphatic hydroxyl groups excluding tert-OH is 1. The summed E-state index contributed by atoms with van der Waals surface area (Å²) < 4.78 is 11.1. The predicted molar refractivity (Wildman–Crippen MR) is 147 cm³/mol. The highest BCUT2D eigenvalue weighted by atomic mass is 16.5. The van der Waals surface area contributed by atoms with Gasteiger partial charge in [0.1, 0.15) is 6.10 Å². The quantitative estimate of drug-likeness (QED) is 0.317. The Labute approximate surface area is 228 Å². The molecule has 3 saturated carbocycles. The molecule has 9 atom stereocenters. The summed E-state index contributed by atoms with van der Waals surface area (Å²) in [5.74, 6) is 1.99. The van der Waals surface area contributed by atoms with Crippen molar-refractivity contribution < 1.29 is 24.2 Å². The monoisotopic (exact) mass is 522 g/mol. The van der Waals surface area contributed by atoms with Crippen molar-refractivity contribution in [1.82, 2.24) is 0 Å². The van der Waals surface area contributed by atoms with Gasteiger partial charge in [0.25, 0.3) is 0 Å². The molecule has 0 heterocycles. The molecular formula is C33H46O5.